The fraction of sp³-hybridized carbons (Fsp3) is 0.483. The first-order valence-electron chi connectivity index (χ1n) is 26.4. The van der Waals surface area contributed by atoms with Crippen LogP contribution in [0.5, 0.6) is 0 Å². The van der Waals surface area contributed by atoms with Crippen molar-refractivity contribution in [2.75, 3.05) is 26.3 Å². The fourth-order valence-corrected chi connectivity index (χ4v) is 10.5. The molecule has 2 aromatic carbocycles. The topological polar surface area (TPSA) is 222 Å². The molecule has 2 aliphatic carbocycles. The van der Waals surface area contributed by atoms with E-state index in [4.69, 9.17) is 44.4 Å². The first kappa shape index (κ1) is 56.1. The van der Waals surface area contributed by atoms with E-state index in [0.29, 0.717) is 70.9 Å². The van der Waals surface area contributed by atoms with Gasteiger partial charge in [0.05, 0.1) is 24.6 Å². The molecule has 4 aromatic heterocycles. The molecule has 0 saturated heterocycles. The van der Waals surface area contributed by atoms with Gasteiger partial charge in [0.15, 0.2) is 35.1 Å². The number of aliphatic imine (C=N–C) groups is 2. The molecule has 8 rings (SSSR count). The summed E-state index contributed by atoms with van der Waals surface area (Å²) in [6.45, 7) is 14.7. The van der Waals surface area contributed by atoms with Gasteiger partial charge >= 0.3 is 11.9 Å². The molecule has 0 unspecified atom stereocenters. The Labute approximate surface area is 446 Å². The van der Waals surface area contributed by atoms with E-state index in [1.165, 1.54) is 48.5 Å². The van der Waals surface area contributed by atoms with Crippen LogP contribution in [0.2, 0.25) is 0 Å². The molecular formula is C58H68F2N8O9. The average molecular weight is 1060 g/mol. The molecule has 6 aromatic rings. The number of esters is 2. The van der Waals surface area contributed by atoms with Crippen LogP contribution in [-0.4, -0.2) is 101 Å². The van der Waals surface area contributed by atoms with E-state index in [0.717, 1.165) is 25.7 Å². The Kier molecular flexibility index (Phi) is 17.2. The lowest BCUT2D eigenvalue weighted by atomic mass is 9.71. The number of rotatable bonds is 18. The lowest BCUT2D eigenvalue weighted by Crippen LogP contribution is -2.26. The van der Waals surface area contributed by atoms with Gasteiger partial charge in [0.25, 0.3) is 0 Å². The summed E-state index contributed by atoms with van der Waals surface area (Å²) in [6.07, 6.45) is 2.70. The third-order valence-electron chi connectivity index (χ3n) is 14.8. The van der Waals surface area contributed by atoms with Crippen LogP contribution in [0.15, 0.2) is 70.6 Å². The summed E-state index contributed by atoms with van der Waals surface area (Å²) < 4.78 is 48.2. The van der Waals surface area contributed by atoms with Crippen LogP contribution in [0.3, 0.4) is 0 Å². The van der Waals surface area contributed by atoms with E-state index in [2.05, 4.69) is 27.7 Å². The zero-order valence-corrected chi connectivity index (χ0v) is 45.1. The van der Waals surface area contributed by atoms with Crippen LogP contribution < -0.4 is 0 Å². The maximum absolute atomic E-state index is 13.9. The first-order chi connectivity index (χ1) is 36.6. The monoisotopic (exact) mass is 1060 g/mol. The van der Waals surface area contributed by atoms with Gasteiger partial charge in [-0.3, -0.25) is 9.59 Å². The summed E-state index contributed by atoms with van der Waals surface area (Å²) in [6, 6.07) is 14.3. The minimum atomic E-state index is -1.68. The Hall–Kier alpha value is -7.12. The Bertz CT molecular complexity index is 3000. The Morgan fingerprint density at radius 1 is 0.623 bits per heavy atom. The number of aromatic nitrogens is 6. The molecule has 2 atom stereocenters. The quantitative estimate of drug-likeness (QED) is 0.0466. The highest BCUT2D eigenvalue weighted by atomic mass is 19.1. The molecule has 0 radical (unpaired) electrons. The second kappa shape index (κ2) is 23.6. The number of aryl methyl sites for hydroxylation is 2. The molecule has 77 heavy (non-hydrogen) atoms. The van der Waals surface area contributed by atoms with Crippen LogP contribution in [-0.2, 0) is 46.2 Å². The maximum Gasteiger partial charge on any atom is 0.339 e. The number of ether oxygens (including phenoxy) is 3. The number of halogens is 2. The third kappa shape index (κ3) is 13.2. The van der Waals surface area contributed by atoms with E-state index < -0.39 is 48.9 Å². The molecule has 408 valence electrons. The molecule has 0 bridgehead atoms. The third-order valence-corrected chi connectivity index (χ3v) is 14.8. The predicted molar refractivity (Wildman–Crippen MR) is 283 cm³/mol. The van der Waals surface area contributed by atoms with Crippen molar-refractivity contribution in [3.8, 4) is 0 Å². The number of carbonyl (C=O) groups excluding carboxylic acids is 4. The normalized spacial score (nSPS) is 17.1. The van der Waals surface area contributed by atoms with Crippen molar-refractivity contribution < 1.29 is 52.4 Å². The molecule has 2 N–H and O–H groups in total. The summed E-state index contributed by atoms with van der Waals surface area (Å²) in [5.41, 5.74) is 4.38. The first-order valence-corrected chi connectivity index (χ1v) is 26.4. The molecule has 4 heterocycles. The number of benzene rings is 2. The van der Waals surface area contributed by atoms with Crippen molar-refractivity contribution in [2.45, 2.75) is 144 Å². The van der Waals surface area contributed by atoms with Crippen molar-refractivity contribution in [3.05, 3.63) is 129 Å². The number of hydrogen-bond acceptors (Lipinski definition) is 15. The minimum absolute atomic E-state index is 0.0428. The van der Waals surface area contributed by atoms with Gasteiger partial charge < -0.3 is 24.4 Å². The Morgan fingerprint density at radius 3 is 1.31 bits per heavy atom. The Balaban J connectivity index is 1.30. The van der Waals surface area contributed by atoms with Crippen LogP contribution >= 0.6 is 0 Å². The molecule has 0 amide bonds. The van der Waals surface area contributed by atoms with Gasteiger partial charge in [-0.1, -0.05) is 52.0 Å². The van der Waals surface area contributed by atoms with Crippen molar-refractivity contribution in [2.24, 2.45) is 20.8 Å². The van der Waals surface area contributed by atoms with E-state index >= 15 is 0 Å². The molecule has 2 aliphatic rings. The summed E-state index contributed by atoms with van der Waals surface area (Å²) in [5, 5.41) is 33.3. The van der Waals surface area contributed by atoms with Crippen molar-refractivity contribution in [1.82, 2.24) is 29.2 Å². The van der Waals surface area contributed by atoms with Crippen molar-refractivity contribution >= 4 is 46.6 Å². The van der Waals surface area contributed by atoms with E-state index in [1.807, 2.05) is 0 Å². The summed E-state index contributed by atoms with van der Waals surface area (Å²) >= 11 is 0. The van der Waals surface area contributed by atoms with Gasteiger partial charge in [0, 0.05) is 59.3 Å². The second-order valence-corrected chi connectivity index (χ2v) is 21.8. The molecule has 0 aliphatic heterocycles. The minimum Gasteiger partial charge on any atom is -0.464 e. The lowest BCUT2D eigenvalue weighted by Gasteiger charge is -2.35. The van der Waals surface area contributed by atoms with Gasteiger partial charge in [-0.15, -0.1) is 0 Å². The predicted octanol–water partition coefficient (Wildman–Crippen LogP) is 9.06. The molecule has 0 spiro atoms. The van der Waals surface area contributed by atoms with Crippen molar-refractivity contribution in [1.29, 1.82) is 0 Å². The van der Waals surface area contributed by atoms with E-state index in [-0.39, 0.29) is 94.6 Å². The fourth-order valence-electron chi connectivity index (χ4n) is 10.5. The number of hydrogen-bond donors (Lipinski definition) is 2. The molecule has 19 heteroatoms. The average Bonchev–Trinajstić information content (AvgIpc) is 4.06. The van der Waals surface area contributed by atoms with E-state index in [9.17, 15) is 38.2 Å². The van der Waals surface area contributed by atoms with Gasteiger partial charge in [0.2, 0.25) is 11.8 Å². The van der Waals surface area contributed by atoms with Gasteiger partial charge in [-0.05, 0) is 125 Å². The summed E-state index contributed by atoms with van der Waals surface area (Å²) in [4.78, 5) is 73.2. The SMILES string of the molecule is CCOC(=O)[C@@H](O)c1c(C)nc2cc(C(=NCC(=O)Cc3ccc(F)cc3)OC(=NCC(=O)Cc3ccc(F)cc3)c3cc4nc(C)c([C@H](O)C(=O)OCC)c(C5CCC(C)(C)CC5)n4n3)nn2c1C1CCC(C)(C)CC1. The highest BCUT2D eigenvalue weighted by molar-refractivity contribution is 6.07. The number of fused-ring (bicyclic) bond motifs is 2. The zero-order chi connectivity index (χ0) is 55.3. The van der Waals surface area contributed by atoms with Crippen LogP contribution in [0.1, 0.15) is 173 Å². The smallest absolute Gasteiger partial charge is 0.339 e. The van der Waals surface area contributed by atoms with Crippen LogP contribution in [0.4, 0.5) is 8.78 Å². The number of aliphatic hydroxyl groups is 2. The summed E-state index contributed by atoms with van der Waals surface area (Å²) in [5.74, 6) is -4.13. The van der Waals surface area contributed by atoms with Crippen molar-refractivity contribution in [3.63, 3.8) is 0 Å². The molecule has 17 nitrogen and oxygen atoms in total. The van der Waals surface area contributed by atoms with Crippen LogP contribution in [0.25, 0.3) is 11.3 Å². The maximum atomic E-state index is 13.9. The van der Waals surface area contributed by atoms with Gasteiger partial charge in [-0.2, -0.15) is 10.2 Å². The number of nitrogens with zero attached hydrogens (tertiary/aromatic N) is 8. The second-order valence-electron chi connectivity index (χ2n) is 21.8. The standard InChI is InChI=1S/C58H68F2N8O9/c1-9-75-55(73)51(71)47-33(3)63-45-29-43(65-67(45)49(47)37-19-23-57(5,6)24-20-37)53(61-31-41(69)27-35-11-15-39(59)16-12-35)77-54(62-32-42(70)28-36-13-17-40(60)18-14-36)44-30-46-64-34(4)48(52(72)56(74)76-10-2)50(68(46)66-44)38-21-25-58(7,8)26-22-38/h11-18,29-30,37-38,51-52,71-72H,9-10,19-28,31-32H2,1-8H3/t51-,52-/m0/s1. The largest absolute Gasteiger partial charge is 0.464 e. The Morgan fingerprint density at radius 2 is 0.974 bits per heavy atom. The number of ketones is 2. The summed E-state index contributed by atoms with van der Waals surface area (Å²) in [7, 11) is 0. The highest BCUT2D eigenvalue weighted by Gasteiger charge is 2.38. The van der Waals surface area contributed by atoms with Gasteiger partial charge in [-0.25, -0.2) is 47.4 Å². The molecular weight excluding hydrogens is 991 g/mol. The van der Waals surface area contributed by atoms with E-state index in [1.54, 1.807) is 48.9 Å². The molecule has 2 fully saturated rings. The number of aliphatic hydroxyl groups excluding tert-OH is 2. The lowest BCUT2D eigenvalue weighted by molar-refractivity contribution is -0.154. The zero-order valence-electron chi connectivity index (χ0n) is 45.1. The number of carbonyl (C=O) groups is 4. The van der Waals surface area contributed by atoms with Gasteiger partial charge in [0.1, 0.15) is 36.1 Å². The molecule has 2 saturated carbocycles. The van der Waals surface area contributed by atoms with Crippen LogP contribution in [0, 0.1) is 36.3 Å². The number of Topliss-reactive ketones (excluding diaryl/α,β-unsaturated/α-hetero) is 2. The highest BCUT2D eigenvalue weighted by Crippen LogP contribution is 2.46.